The maximum Gasteiger partial charge on any atom is 0.410 e. The topological polar surface area (TPSA) is 41.6 Å². The van der Waals surface area contributed by atoms with Crippen LogP contribution in [0.1, 0.15) is 26.3 Å². The zero-order valence-electron chi connectivity index (χ0n) is 12.6. The Morgan fingerprint density at radius 1 is 1.30 bits per heavy atom. The number of amides is 1. The number of carbonyl (C=O) groups is 1. The van der Waals surface area contributed by atoms with Gasteiger partial charge in [-0.15, -0.1) is 0 Å². The summed E-state index contributed by atoms with van der Waals surface area (Å²) >= 11 is 0. The summed E-state index contributed by atoms with van der Waals surface area (Å²) < 4.78 is 5.28. The molecule has 1 fully saturated rings. The van der Waals surface area contributed by atoms with Crippen LogP contribution in [0.5, 0.6) is 0 Å². The lowest BCUT2D eigenvalue weighted by Crippen LogP contribution is -2.60. The van der Waals surface area contributed by atoms with Gasteiger partial charge in [-0.2, -0.15) is 0 Å². The Morgan fingerprint density at radius 2 is 1.95 bits per heavy atom. The minimum atomic E-state index is -0.220. The maximum absolute atomic E-state index is 11.8. The smallest absolute Gasteiger partial charge is 0.410 e. The van der Waals surface area contributed by atoms with Gasteiger partial charge >= 0.3 is 6.09 Å². The Kier molecular flexibility index (Phi) is 4.65. The summed E-state index contributed by atoms with van der Waals surface area (Å²) in [6.07, 6.45) is -0.220. The Hall–Kier alpha value is -1.55. The molecule has 0 spiro atoms. The van der Waals surface area contributed by atoms with E-state index < -0.39 is 0 Å². The number of hydrogen-bond donors (Lipinski definition) is 1. The van der Waals surface area contributed by atoms with Gasteiger partial charge < -0.3 is 15.0 Å². The third-order valence-corrected chi connectivity index (χ3v) is 3.27. The molecule has 0 saturated carbocycles. The number of benzene rings is 1. The van der Waals surface area contributed by atoms with Crippen LogP contribution in [-0.4, -0.2) is 36.7 Å². The number of carbonyl (C=O) groups excluding carboxylic acids is 1. The minimum Gasteiger partial charge on any atom is -0.445 e. The molecule has 0 unspecified atom stereocenters. The molecule has 2 rings (SSSR count). The molecule has 1 aromatic rings. The first-order valence-electron chi connectivity index (χ1n) is 7.13. The molecule has 0 radical (unpaired) electrons. The van der Waals surface area contributed by atoms with Crippen molar-refractivity contribution in [2.45, 2.75) is 33.4 Å². The van der Waals surface area contributed by atoms with Gasteiger partial charge in [0.15, 0.2) is 0 Å². The van der Waals surface area contributed by atoms with E-state index in [2.05, 4.69) is 26.1 Å². The van der Waals surface area contributed by atoms with Crippen molar-refractivity contribution in [2.24, 2.45) is 5.41 Å². The lowest BCUT2D eigenvalue weighted by molar-refractivity contribution is 0.0585. The molecule has 0 aromatic heterocycles. The van der Waals surface area contributed by atoms with Crippen LogP contribution in [0.25, 0.3) is 0 Å². The van der Waals surface area contributed by atoms with E-state index in [-0.39, 0.29) is 11.5 Å². The molecule has 1 N–H and O–H groups in total. The number of hydrogen-bond acceptors (Lipinski definition) is 3. The quantitative estimate of drug-likeness (QED) is 0.919. The molecule has 0 atom stereocenters. The molecule has 0 bridgehead atoms. The van der Waals surface area contributed by atoms with E-state index in [4.69, 9.17) is 4.74 Å². The molecule has 1 aliphatic heterocycles. The van der Waals surface area contributed by atoms with Crippen LogP contribution in [0.4, 0.5) is 4.79 Å². The average molecular weight is 276 g/mol. The predicted octanol–water partition coefficient (Wildman–Crippen LogP) is 2.64. The lowest BCUT2D eigenvalue weighted by atomic mass is 9.96. The maximum atomic E-state index is 11.8. The van der Waals surface area contributed by atoms with Gasteiger partial charge in [-0.05, 0) is 11.0 Å². The van der Waals surface area contributed by atoms with Crippen molar-refractivity contribution in [2.75, 3.05) is 19.6 Å². The number of likely N-dealkylation sites (tertiary alicyclic amines) is 1. The van der Waals surface area contributed by atoms with Crippen LogP contribution in [0.3, 0.4) is 0 Å². The first-order chi connectivity index (χ1) is 9.44. The second-order valence-electron chi connectivity index (χ2n) is 6.58. The molecule has 110 valence electrons. The minimum absolute atomic E-state index is 0.220. The highest BCUT2D eigenvalue weighted by atomic mass is 16.6. The fraction of sp³-hybridized carbons (Fsp3) is 0.562. The molecule has 1 aliphatic rings. The van der Waals surface area contributed by atoms with Crippen LogP contribution < -0.4 is 5.32 Å². The van der Waals surface area contributed by atoms with E-state index in [1.54, 1.807) is 4.90 Å². The first-order valence-corrected chi connectivity index (χ1v) is 7.13. The zero-order chi connectivity index (χ0) is 14.6. The molecule has 4 heteroatoms. The van der Waals surface area contributed by atoms with Crippen LogP contribution in [-0.2, 0) is 11.3 Å². The van der Waals surface area contributed by atoms with E-state index in [1.807, 2.05) is 30.3 Å². The summed E-state index contributed by atoms with van der Waals surface area (Å²) in [5.41, 5.74) is 1.29. The molecule has 1 amide bonds. The van der Waals surface area contributed by atoms with Crippen molar-refractivity contribution in [1.29, 1.82) is 0 Å². The second kappa shape index (κ2) is 6.27. The van der Waals surface area contributed by atoms with E-state index in [9.17, 15) is 4.79 Å². The highest BCUT2D eigenvalue weighted by Crippen LogP contribution is 2.15. The molecular weight excluding hydrogens is 252 g/mol. The highest BCUT2D eigenvalue weighted by molar-refractivity contribution is 5.68. The summed E-state index contributed by atoms with van der Waals surface area (Å²) in [6, 6.07) is 10.2. The van der Waals surface area contributed by atoms with Gasteiger partial charge in [0.1, 0.15) is 6.61 Å². The summed E-state index contributed by atoms with van der Waals surface area (Å²) in [4.78, 5) is 13.6. The monoisotopic (exact) mass is 276 g/mol. The molecule has 1 heterocycles. The van der Waals surface area contributed by atoms with Crippen molar-refractivity contribution in [3.05, 3.63) is 35.9 Å². The average Bonchev–Trinajstić information content (AvgIpc) is 2.34. The number of nitrogens with zero attached hydrogens (tertiary/aromatic N) is 1. The van der Waals surface area contributed by atoms with E-state index in [0.29, 0.717) is 12.6 Å². The van der Waals surface area contributed by atoms with E-state index in [1.165, 1.54) is 0 Å². The standard InChI is InChI=1S/C16H24N2O2/c1-16(2,3)12-17-14-9-18(10-14)15(19)20-11-13-7-5-4-6-8-13/h4-8,14,17H,9-12H2,1-3H3. The Morgan fingerprint density at radius 3 is 2.55 bits per heavy atom. The Bertz CT molecular complexity index is 434. The van der Waals surface area contributed by atoms with Crippen molar-refractivity contribution in [3.63, 3.8) is 0 Å². The summed E-state index contributed by atoms with van der Waals surface area (Å²) in [5.74, 6) is 0. The van der Waals surface area contributed by atoms with Crippen molar-refractivity contribution >= 4 is 6.09 Å². The highest BCUT2D eigenvalue weighted by Gasteiger charge is 2.31. The summed E-state index contributed by atoms with van der Waals surface area (Å²) in [6.45, 7) is 9.38. The van der Waals surface area contributed by atoms with Gasteiger partial charge in [0.25, 0.3) is 0 Å². The lowest BCUT2D eigenvalue weighted by Gasteiger charge is -2.40. The van der Waals surface area contributed by atoms with Crippen LogP contribution in [0.15, 0.2) is 30.3 Å². The third kappa shape index (κ3) is 4.53. The van der Waals surface area contributed by atoms with Gasteiger partial charge in [-0.1, -0.05) is 51.1 Å². The second-order valence-corrected chi connectivity index (χ2v) is 6.58. The molecular formula is C16H24N2O2. The van der Waals surface area contributed by atoms with Crippen LogP contribution in [0, 0.1) is 5.41 Å². The largest absolute Gasteiger partial charge is 0.445 e. The van der Waals surface area contributed by atoms with Gasteiger partial charge in [0.2, 0.25) is 0 Å². The summed E-state index contributed by atoms with van der Waals surface area (Å²) in [5, 5.41) is 3.47. The van der Waals surface area contributed by atoms with Gasteiger partial charge in [-0.25, -0.2) is 4.79 Å². The van der Waals surface area contributed by atoms with Gasteiger partial charge in [0.05, 0.1) is 0 Å². The number of rotatable bonds is 4. The van der Waals surface area contributed by atoms with E-state index in [0.717, 1.165) is 25.2 Å². The van der Waals surface area contributed by atoms with Gasteiger partial charge in [-0.3, -0.25) is 0 Å². The Labute approximate surface area is 121 Å². The normalized spacial score (nSPS) is 15.8. The van der Waals surface area contributed by atoms with E-state index >= 15 is 0 Å². The SMILES string of the molecule is CC(C)(C)CNC1CN(C(=O)OCc2ccccc2)C1. The number of nitrogens with one attached hydrogen (secondary N) is 1. The third-order valence-electron chi connectivity index (χ3n) is 3.27. The predicted molar refractivity (Wildman–Crippen MR) is 79.4 cm³/mol. The van der Waals surface area contributed by atoms with Crippen LogP contribution >= 0.6 is 0 Å². The zero-order valence-corrected chi connectivity index (χ0v) is 12.6. The van der Waals surface area contributed by atoms with Crippen molar-refractivity contribution in [1.82, 2.24) is 10.2 Å². The molecule has 1 saturated heterocycles. The Balaban J connectivity index is 1.64. The molecule has 20 heavy (non-hydrogen) atoms. The fourth-order valence-electron chi connectivity index (χ4n) is 2.02. The number of ether oxygens (including phenoxy) is 1. The molecule has 0 aliphatic carbocycles. The van der Waals surface area contributed by atoms with Crippen molar-refractivity contribution in [3.8, 4) is 0 Å². The molecule has 1 aromatic carbocycles. The first kappa shape index (κ1) is 14.9. The summed E-state index contributed by atoms with van der Waals surface area (Å²) in [7, 11) is 0. The fourth-order valence-corrected chi connectivity index (χ4v) is 2.02. The van der Waals surface area contributed by atoms with Crippen LogP contribution in [0.2, 0.25) is 0 Å². The van der Waals surface area contributed by atoms with Gasteiger partial charge in [0, 0.05) is 25.7 Å². The molecule has 4 nitrogen and oxygen atoms in total. The van der Waals surface area contributed by atoms with Crippen molar-refractivity contribution < 1.29 is 9.53 Å².